The molecule has 0 spiro atoms. The molecule has 4 aliphatic rings. The van der Waals surface area contributed by atoms with Crippen molar-refractivity contribution in [3.63, 3.8) is 0 Å². The minimum atomic E-state index is -1.45. The maximum absolute atomic E-state index is 15.2. The van der Waals surface area contributed by atoms with Crippen LogP contribution in [0.3, 0.4) is 0 Å². The summed E-state index contributed by atoms with van der Waals surface area (Å²) < 4.78 is 26.5. The van der Waals surface area contributed by atoms with Gasteiger partial charge in [-0.25, -0.2) is 14.4 Å². The van der Waals surface area contributed by atoms with Gasteiger partial charge in [-0.2, -0.15) is 10.2 Å². The van der Waals surface area contributed by atoms with Gasteiger partial charge >= 0.3 is 0 Å². The predicted molar refractivity (Wildman–Crippen MR) is 174 cm³/mol. The molecule has 0 aliphatic carbocycles. The van der Waals surface area contributed by atoms with E-state index in [1.54, 1.807) is 18.2 Å². The number of anilines is 3. The van der Waals surface area contributed by atoms with Crippen molar-refractivity contribution in [2.75, 3.05) is 56.2 Å². The van der Waals surface area contributed by atoms with E-state index < -0.39 is 18.3 Å². The number of hydrogen-bond acceptors (Lipinski definition) is 11. The maximum Gasteiger partial charge on any atom is 0.245 e. The molecule has 48 heavy (non-hydrogen) atoms. The zero-order valence-electron chi connectivity index (χ0n) is 26.7. The lowest BCUT2D eigenvalue weighted by molar-refractivity contribution is -0.138. The van der Waals surface area contributed by atoms with E-state index >= 15 is 4.39 Å². The van der Waals surface area contributed by atoms with E-state index in [1.165, 1.54) is 11.2 Å². The van der Waals surface area contributed by atoms with Crippen molar-refractivity contribution in [3.05, 3.63) is 54.4 Å². The molecule has 13 nitrogen and oxygen atoms in total. The number of carbonyl (C=O) groups excluding carboxylic acids is 2. The third kappa shape index (κ3) is 6.74. The average Bonchev–Trinajstić information content (AvgIpc) is 3.52. The van der Waals surface area contributed by atoms with Crippen LogP contribution in [0.15, 0.2) is 48.8 Å². The molecular weight excluding hydrogens is 617 g/mol. The molecule has 4 saturated heterocycles. The van der Waals surface area contributed by atoms with E-state index in [0.717, 1.165) is 44.2 Å². The number of aromatic nitrogens is 3. The molecule has 4 atom stereocenters. The standard InChI is InChI=1S/C34H38FN9O4/c1-21-16-42(12-13-44(21)26-18-47-19-26)25-5-3-24(4-6-25)39-34-38-20-37-32(41-34)22-2-8-29(23(14-22)15-36)48-30-10-11-43(17-27(30)35)33(46)28-7-9-31(45)40-28/h2-6,8,14,20-21,26-28,30H,7,9-13,16-19H2,1H3,(H,40,45)(H,37,38,39,41)/t21-,27-,28-,30-/m0/s1. The van der Waals surface area contributed by atoms with E-state index in [1.807, 2.05) is 12.1 Å². The van der Waals surface area contributed by atoms with E-state index in [-0.39, 0.29) is 36.1 Å². The number of likely N-dealkylation sites (tertiary alicyclic amines) is 1. The number of rotatable bonds is 8. The normalized spacial score (nSPS) is 24.8. The van der Waals surface area contributed by atoms with Crippen LogP contribution >= 0.6 is 0 Å². The highest BCUT2D eigenvalue weighted by atomic mass is 19.1. The van der Waals surface area contributed by atoms with E-state index in [2.05, 4.69) is 60.5 Å². The van der Waals surface area contributed by atoms with Crippen molar-refractivity contribution in [3.8, 4) is 23.2 Å². The highest BCUT2D eigenvalue weighted by Gasteiger charge is 2.38. The quantitative estimate of drug-likeness (QED) is 0.369. The Bertz CT molecular complexity index is 1700. The Hall–Kier alpha value is -4.87. The van der Waals surface area contributed by atoms with Gasteiger partial charge < -0.3 is 29.9 Å². The Morgan fingerprint density at radius 3 is 2.62 bits per heavy atom. The molecule has 5 heterocycles. The van der Waals surface area contributed by atoms with Crippen LogP contribution < -0.4 is 20.3 Å². The van der Waals surface area contributed by atoms with Crippen molar-refractivity contribution in [2.24, 2.45) is 0 Å². The second kappa shape index (κ2) is 13.7. The van der Waals surface area contributed by atoms with Gasteiger partial charge in [-0.3, -0.25) is 14.5 Å². The first-order valence-electron chi connectivity index (χ1n) is 16.4. The van der Waals surface area contributed by atoms with Gasteiger partial charge in [-0.15, -0.1) is 0 Å². The first kappa shape index (κ1) is 31.7. The van der Waals surface area contributed by atoms with Gasteiger partial charge in [-0.05, 0) is 55.8 Å². The molecular formula is C34H38FN9O4. The van der Waals surface area contributed by atoms with Crippen molar-refractivity contribution < 1.29 is 23.5 Å². The van der Waals surface area contributed by atoms with E-state index in [4.69, 9.17) is 9.47 Å². The Balaban J connectivity index is 0.961. The molecule has 0 bridgehead atoms. The number of nitriles is 1. The topological polar surface area (TPSA) is 149 Å². The highest BCUT2D eigenvalue weighted by Crippen LogP contribution is 2.30. The number of piperidine rings is 1. The zero-order valence-corrected chi connectivity index (χ0v) is 26.7. The van der Waals surface area contributed by atoms with Gasteiger partial charge in [0.25, 0.3) is 0 Å². The maximum atomic E-state index is 15.2. The summed E-state index contributed by atoms with van der Waals surface area (Å²) >= 11 is 0. The molecule has 2 amide bonds. The molecule has 4 fully saturated rings. The summed E-state index contributed by atoms with van der Waals surface area (Å²) in [7, 11) is 0. The number of ether oxygens (including phenoxy) is 2. The molecule has 4 aliphatic heterocycles. The Morgan fingerprint density at radius 2 is 1.94 bits per heavy atom. The van der Waals surface area contributed by atoms with Crippen LogP contribution in [0.4, 0.5) is 21.7 Å². The van der Waals surface area contributed by atoms with Crippen LogP contribution in [0.2, 0.25) is 0 Å². The summed E-state index contributed by atoms with van der Waals surface area (Å²) in [5, 5.41) is 15.8. The van der Waals surface area contributed by atoms with E-state index in [0.29, 0.717) is 48.8 Å². The lowest BCUT2D eigenvalue weighted by Gasteiger charge is -2.47. The summed E-state index contributed by atoms with van der Waals surface area (Å²) in [6, 6.07) is 15.7. The largest absolute Gasteiger partial charge is 0.486 e. The number of alkyl halides is 1. The first-order valence-corrected chi connectivity index (χ1v) is 16.4. The minimum Gasteiger partial charge on any atom is -0.486 e. The van der Waals surface area contributed by atoms with Crippen molar-refractivity contribution in [2.45, 2.75) is 56.6 Å². The van der Waals surface area contributed by atoms with E-state index in [9.17, 15) is 14.9 Å². The van der Waals surface area contributed by atoms with Crippen molar-refractivity contribution in [1.82, 2.24) is 30.1 Å². The Morgan fingerprint density at radius 1 is 1.10 bits per heavy atom. The summed E-state index contributed by atoms with van der Waals surface area (Å²) in [6.45, 7) is 7.05. The van der Waals surface area contributed by atoms with Crippen molar-refractivity contribution in [1.29, 1.82) is 5.26 Å². The molecule has 14 heteroatoms. The number of hydrogen-bond donors (Lipinski definition) is 2. The molecule has 2 N–H and O–H groups in total. The number of nitrogens with zero attached hydrogens (tertiary/aromatic N) is 7. The van der Waals surface area contributed by atoms with Crippen LogP contribution in [0.25, 0.3) is 11.4 Å². The smallest absolute Gasteiger partial charge is 0.245 e. The minimum absolute atomic E-state index is 0.133. The van der Waals surface area contributed by atoms with Crippen LogP contribution in [-0.4, -0.2) is 113 Å². The number of amides is 2. The number of halogens is 1. The second-order valence-electron chi connectivity index (χ2n) is 12.8. The monoisotopic (exact) mass is 655 g/mol. The summed E-state index contributed by atoms with van der Waals surface area (Å²) in [6.07, 6.45) is 0.120. The molecule has 0 unspecified atom stereocenters. The fraction of sp³-hybridized carbons (Fsp3) is 0.471. The third-order valence-corrected chi connectivity index (χ3v) is 9.55. The molecule has 7 rings (SSSR count). The fourth-order valence-electron chi connectivity index (χ4n) is 6.80. The van der Waals surface area contributed by atoms with Gasteiger partial charge in [0.1, 0.15) is 30.3 Å². The Labute approximate surface area is 278 Å². The fourth-order valence-corrected chi connectivity index (χ4v) is 6.80. The summed E-state index contributed by atoms with van der Waals surface area (Å²) in [5.74, 6) is 0.532. The zero-order chi connectivity index (χ0) is 33.2. The SMILES string of the molecule is C[C@H]1CN(c2ccc(Nc3ncnc(-c4ccc(O[C@H]5CCN(C(=O)[C@@H]6CCC(=O)N6)C[C@@H]5F)c(C#N)c4)n3)cc2)CCN1C1COC1. The molecule has 2 aromatic carbocycles. The number of benzene rings is 2. The van der Waals surface area contributed by atoms with Gasteiger partial charge in [0.15, 0.2) is 12.0 Å². The van der Waals surface area contributed by atoms with Gasteiger partial charge in [-0.1, -0.05) is 0 Å². The van der Waals surface area contributed by atoms with Crippen molar-refractivity contribution >= 4 is 29.1 Å². The van der Waals surface area contributed by atoms with Crippen LogP contribution in [0, 0.1) is 11.3 Å². The number of piperazine rings is 1. The van der Waals surface area contributed by atoms with Gasteiger partial charge in [0.05, 0.1) is 31.4 Å². The molecule has 250 valence electrons. The molecule has 3 aromatic rings. The number of nitrogens with one attached hydrogen (secondary N) is 2. The molecule has 0 saturated carbocycles. The van der Waals surface area contributed by atoms with Gasteiger partial charge in [0, 0.05) is 62.0 Å². The second-order valence-corrected chi connectivity index (χ2v) is 12.8. The van der Waals surface area contributed by atoms with Crippen LogP contribution in [0.1, 0.15) is 31.7 Å². The molecule has 1 aromatic heterocycles. The lowest BCUT2D eigenvalue weighted by atomic mass is 10.0. The first-order chi connectivity index (χ1) is 23.3. The Kier molecular flexibility index (Phi) is 9.05. The van der Waals surface area contributed by atoms with Crippen LogP contribution in [0.5, 0.6) is 5.75 Å². The summed E-state index contributed by atoms with van der Waals surface area (Å²) in [4.78, 5) is 43.7. The predicted octanol–water partition coefficient (Wildman–Crippen LogP) is 2.66. The van der Waals surface area contributed by atoms with Crippen LogP contribution in [-0.2, 0) is 14.3 Å². The lowest BCUT2D eigenvalue weighted by Crippen LogP contribution is -2.60. The highest BCUT2D eigenvalue weighted by molar-refractivity contribution is 5.90. The summed E-state index contributed by atoms with van der Waals surface area (Å²) in [5.41, 5.74) is 2.79. The van der Waals surface area contributed by atoms with Gasteiger partial charge in [0.2, 0.25) is 17.8 Å². The third-order valence-electron chi connectivity index (χ3n) is 9.55. The average molecular weight is 656 g/mol. The molecule has 0 radical (unpaired) electrons. The number of carbonyl (C=O) groups is 2.